The molecule has 3 heterocycles. The maximum Gasteiger partial charge on any atom is 0.256 e. The molecule has 8 heteroatoms. The quantitative estimate of drug-likeness (QED) is 0.248. The van der Waals surface area contributed by atoms with Gasteiger partial charge in [0.25, 0.3) is 5.91 Å². The first-order chi connectivity index (χ1) is 16.5. The number of halogens is 2. The Balaban J connectivity index is 1.50. The summed E-state index contributed by atoms with van der Waals surface area (Å²) in [4.78, 5) is 18.5. The summed E-state index contributed by atoms with van der Waals surface area (Å²) in [7, 11) is 0. The van der Waals surface area contributed by atoms with Gasteiger partial charge in [-0.15, -0.1) is 0 Å². The van der Waals surface area contributed by atoms with E-state index in [9.17, 15) is 4.79 Å². The van der Waals surface area contributed by atoms with Crippen molar-refractivity contribution >= 4 is 67.1 Å². The predicted molar refractivity (Wildman–Crippen MR) is 141 cm³/mol. The van der Waals surface area contributed by atoms with Gasteiger partial charge in [-0.1, -0.05) is 81.3 Å². The Labute approximate surface area is 212 Å². The summed E-state index contributed by atoms with van der Waals surface area (Å²) in [5, 5.41) is 9.46. The molecule has 2 aromatic heterocycles. The van der Waals surface area contributed by atoms with Gasteiger partial charge in [-0.25, -0.2) is 9.50 Å². The molecular formula is C26H16BrClN4OS. The minimum atomic E-state index is -0.130. The first kappa shape index (κ1) is 21.3. The Morgan fingerprint density at radius 2 is 1.79 bits per heavy atom. The van der Waals surface area contributed by atoms with Crippen molar-refractivity contribution in [3.05, 3.63) is 104 Å². The number of hydrogen-bond donors (Lipinski definition) is 1. The van der Waals surface area contributed by atoms with Gasteiger partial charge in [-0.2, -0.15) is 5.10 Å². The lowest BCUT2D eigenvalue weighted by Crippen LogP contribution is -2.04. The largest absolute Gasteiger partial charge is 0.321 e. The van der Waals surface area contributed by atoms with Crippen LogP contribution < -0.4 is 5.32 Å². The first-order valence-electron chi connectivity index (χ1n) is 10.6. The third-order valence-corrected chi connectivity index (χ3v) is 7.35. The van der Waals surface area contributed by atoms with Crippen LogP contribution in [-0.2, 0) is 11.2 Å². The van der Waals surface area contributed by atoms with Crippen LogP contribution in [-0.4, -0.2) is 20.5 Å². The van der Waals surface area contributed by atoms with E-state index in [1.165, 1.54) is 0 Å². The third-order valence-electron chi connectivity index (χ3n) is 5.66. The number of nitrogens with one attached hydrogen (secondary N) is 1. The molecule has 3 aromatic carbocycles. The van der Waals surface area contributed by atoms with Crippen molar-refractivity contribution in [1.82, 2.24) is 14.6 Å². The molecule has 5 aromatic rings. The number of hydrogen-bond acceptors (Lipinski definition) is 4. The zero-order chi connectivity index (χ0) is 23.2. The van der Waals surface area contributed by atoms with E-state index in [1.807, 2.05) is 83.4 Å². The molecule has 1 N–H and O–H groups in total. The molecule has 1 aliphatic rings. The number of fused-ring (bicyclic) bond motifs is 2. The monoisotopic (exact) mass is 546 g/mol. The van der Waals surface area contributed by atoms with Crippen LogP contribution in [0.1, 0.15) is 21.8 Å². The van der Waals surface area contributed by atoms with E-state index in [0.717, 1.165) is 48.2 Å². The summed E-state index contributed by atoms with van der Waals surface area (Å²) in [6, 6.07) is 23.5. The normalized spacial score (nSPS) is 14.1. The van der Waals surface area contributed by atoms with Gasteiger partial charge in [0.1, 0.15) is 5.01 Å². The van der Waals surface area contributed by atoms with Crippen molar-refractivity contribution < 1.29 is 4.79 Å². The number of carbonyl (C=O) groups excluding carboxylic acids is 1. The number of nitrogens with zero attached hydrogens (tertiary/aromatic N) is 3. The Morgan fingerprint density at radius 3 is 2.59 bits per heavy atom. The lowest BCUT2D eigenvalue weighted by Gasteiger charge is -2.03. The fourth-order valence-electron chi connectivity index (χ4n) is 4.02. The van der Waals surface area contributed by atoms with Crippen molar-refractivity contribution in [3.63, 3.8) is 0 Å². The van der Waals surface area contributed by atoms with Gasteiger partial charge in [0, 0.05) is 32.7 Å². The van der Waals surface area contributed by atoms with E-state index >= 15 is 0 Å². The van der Waals surface area contributed by atoms with Crippen LogP contribution in [0, 0.1) is 0 Å². The van der Waals surface area contributed by atoms with Crippen LogP contribution in [0.15, 0.2) is 77.3 Å². The molecule has 0 spiro atoms. The fraction of sp³-hybridized carbons (Fsp3) is 0.0385. The van der Waals surface area contributed by atoms with Gasteiger partial charge in [-0.3, -0.25) is 4.79 Å². The van der Waals surface area contributed by atoms with Gasteiger partial charge in [0.05, 0.1) is 17.0 Å². The number of aromatic nitrogens is 3. The highest BCUT2D eigenvalue weighted by atomic mass is 79.9. The second-order valence-electron chi connectivity index (χ2n) is 7.90. The van der Waals surface area contributed by atoms with Crippen LogP contribution in [0.5, 0.6) is 0 Å². The van der Waals surface area contributed by atoms with Crippen LogP contribution in [0.2, 0.25) is 5.02 Å². The van der Waals surface area contributed by atoms with Crippen LogP contribution in [0.25, 0.3) is 27.9 Å². The average molecular weight is 548 g/mol. The molecule has 0 radical (unpaired) electrons. The summed E-state index contributed by atoms with van der Waals surface area (Å²) in [6.45, 7) is 0. The molecule has 166 valence electrons. The zero-order valence-electron chi connectivity index (χ0n) is 17.6. The second-order valence-corrected chi connectivity index (χ2v) is 10.3. The maximum atomic E-state index is 12.8. The molecule has 34 heavy (non-hydrogen) atoms. The van der Waals surface area contributed by atoms with Crippen molar-refractivity contribution in [1.29, 1.82) is 0 Å². The molecule has 0 saturated carbocycles. The first-order valence-corrected chi connectivity index (χ1v) is 12.6. The molecule has 0 unspecified atom stereocenters. The highest BCUT2D eigenvalue weighted by Gasteiger charge is 2.26. The standard InChI is InChI=1S/C26H16BrClN4OS/c27-17-9-7-16(8-10-17)24-22(14-20-19-3-1-2-4-21(19)29-25(20)33)32-26(30-24)34-23(31-32)13-15-5-11-18(28)12-6-15/h1-12,14H,13H2,(H,29,33)/b20-14+. The Morgan fingerprint density at radius 1 is 1.03 bits per heavy atom. The van der Waals surface area contributed by atoms with Crippen LogP contribution in [0.3, 0.4) is 0 Å². The molecule has 6 rings (SSSR count). The lowest BCUT2D eigenvalue weighted by atomic mass is 10.0. The van der Waals surface area contributed by atoms with E-state index in [2.05, 4.69) is 21.2 Å². The molecule has 0 atom stereocenters. The van der Waals surface area contributed by atoms with E-state index in [-0.39, 0.29) is 5.91 Å². The maximum absolute atomic E-state index is 12.8. The average Bonchev–Trinajstić information content (AvgIpc) is 3.47. The van der Waals surface area contributed by atoms with Crippen molar-refractivity contribution in [2.24, 2.45) is 0 Å². The molecule has 1 aliphatic heterocycles. The lowest BCUT2D eigenvalue weighted by molar-refractivity contribution is -0.110. The summed E-state index contributed by atoms with van der Waals surface area (Å²) in [5.41, 5.74) is 5.93. The van der Waals surface area contributed by atoms with Crippen molar-refractivity contribution in [3.8, 4) is 11.3 Å². The smallest absolute Gasteiger partial charge is 0.256 e. The summed E-state index contributed by atoms with van der Waals surface area (Å²) < 4.78 is 2.83. The van der Waals surface area contributed by atoms with E-state index in [1.54, 1.807) is 11.3 Å². The molecule has 0 fully saturated rings. The Bertz CT molecular complexity index is 1590. The number of anilines is 1. The third kappa shape index (κ3) is 3.86. The van der Waals surface area contributed by atoms with Crippen molar-refractivity contribution in [2.45, 2.75) is 6.42 Å². The molecule has 0 bridgehead atoms. The van der Waals surface area contributed by atoms with Gasteiger partial charge >= 0.3 is 0 Å². The van der Waals surface area contributed by atoms with Gasteiger partial charge in [0.15, 0.2) is 0 Å². The zero-order valence-corrected chi connectivity index (χ0v) is 20.8. The van der Waals surface area contributed by atoms with E-state index < -0.39 is 0 Å². The molecule has 0 aliphatic carbocycles. The molecule has 0 saturated heterocycles. The minimum Gasteiger partial charge on any atom is -0.321 e. The topological polar surface area (TPSA) is 59.3 Å². The number of rotatable bonds is 4. The number of amides is 1. The molecule has 5 nitrogen and oxygen atoms in total. The predicted octanol–water partition coefficient (Wildman–Crippen LogP) is 6.96. The fourth-order valence-corrected chi connectivity index (χ4v) is 5.35. The Kier molecular flexibility index (Phi) is 5.32. The molecular weight excluding hydrogens is 532 g/mol. The number of imidazole rings is 1. The SMILES string of the molecule is O=C1Nc2ccccc2/C1=C\c1c(-c2ccc(Br)cc2)nc2sc(Cc3ccc(Cl)cc3)nn12. The van der Waals surface area contributed by atoms with E-state index in [4.69, 9.17) is 21.7 Å². The summed E-state index contributed by atoms with van der Waals surface area (Å²) in [6.07, 6.45) is 2.57. The second kappa shape index (κ2) is 8.51. The van der Waals surface area contributed by atoms with Gasteiger partial charge < -0.3 is 5.32 Å². The highest BCUT2D eigenvalue weighted by molar-refractivity contribution is 9.10. The highest BCUT2D eigenvalue weighted by Crippen LogP contribution is 2.36. The van der Waals surface area contributed by atoms with Crippen molar-refractivity contribution in [2.75, 3.05) is 5.32 Å². The van der Waals surface area contributed by atoms with Gasteiger partial charge in [-0.05, 0) is 42.0 Å². The number of benzene rings is 3. The van der Waals surface area contributed by atoms with Crippen LogP contribution in [0.4, 0.5) is 5.69 Å². The minimum absolute atomic E-state index is 0.130. The van der Waals surface area contributed by atoms with Crippen LogP contribution >= 0.6 is 38.9 Å². The number of para-hydroxylation sites is 1. The Hall–Kier alpha value is -3.26. The van der Waals surface area contributed by atoms with E-state index in [0.29, 0.717) is 17.0 Å². The van der Waals surface area contributed by atoms with Gasteiger partial charge in [0.2, 0.25) is 4.96 Å². The number of carbonyl (C=O) groups is 1. The summed E-state index contributed by atoms with van der Waals surface area (Å²) in [5.74, 6) is -0.130. The molecule has 1 amide bonds. The summed E-state index contributed by atoms with van der Waals surface area (Å²) >= 11 is 11.1.